The molecule has 0 bridgehead atoms. The van der Waals surface area contributed by atoms with Crippen molar-refractivity contribution >= 4 is 0 Å². The summed E-state index contributed by atoms with van der Waals surface area (Å²) in [5.41, 5.74) is 6.33. The zero-order chi connectivity index (χ0) is 10.9. The van der Waals surface area contributed by atoms with Gasteiger partial charge < -0.3 is 10.5 Å². The van der Waals surface area contributed by atoms with Gasteiger partial charge in [0.1, 0.15) is 0 Å². The fourth-order valence-corrected chi connectivity index (χ4v) is 2.98. The van der Waals surface area contributed by atoms with E-state index in [2.05, 4.69) is 13.8 Å². The lowest BCUT2D eigenvalue weighted by molar-refractivity contribution is -0.155. The summed E-state index contributed by atoms with van der Waals surface area (Å²) in [6, 6.07) is 0.357. The van der Waals surface area contributed by atoms with E-state index in [0.717, 1.165) is 12.8 Å². The molecule has 0 amide bonds. The maximum absolute atomic E-state index is 6.22. The van der Waals surface area contributed by atoms with Gasteiger partial charge in [-0.1, -0.05) is 33.1 Å². The molecular weight excluding hydrogens is 186 g/mol. The lowest BCUT2D eigenvalue weighted by atomic mass is 9.62. The van der Waals surface area contributed by atoms with E-state index in [-0.39, 0.29) is 5.41 Å². The predicted molar refractivity (Wildman–Crippen MR) is 62.7 cm³/mol. The summed E-state index contributed by atoms with van der Waals surface area (Å²) in [7, 11) is 0. The quantitative estimate of drug-likeness (QED) is 0.779. The largest absolute Gasteiger partial charge is 0.374 e. The van der Waals surface area contributed by atoms with Crippen LogP contribution < -0.4 is 5.73 Å². The SMILES string of the molecule is CCC1(C)C(N)CC1OC1CCCCC1. The van der Waals surface area contributed by atoms with Gasteiger partial charge in [0, 0.05) is 11.5 Å². The Labute approximate surface area is 93.6 Å². The van der Waals surface area contributed by atoms with Crippen LogP contribution >= 0.6 is 0 Å². The maximum atomic E-state index is 6.22. The van der Waals surface area contributed by atoms with Crippen LogP contribution in [0.3, 0.4) is 0 Å². The lowest BCUT2D eigenvalue weighted by Crippen LogP contribution is -2.61. The van der Waals surface area contributed by atoms with Gasteiger partial charge in [0.05, 0.1) is 12.2 Å². The van der Waals surface area contributed by atoms with Gasteiger partial charge in [-0.25, -0.2) is 0 Å². The van der Waals surface area contributed by atoms with E-state index in [1.807, 2.05) is 0 Å². The normalized spacial score (nSPS) is 42.6. The first-order valence-corrected chi connectivity index (χ1v) is 6.58. The van der Waals surface area contributed by atoms with E-state index >= 15 is 0 Å². The van der Waals surface area contributed by atoms with Gasteiger partial charge in [-0.05, 0) is 25.7 Å². The molecule has 2 fully saturated rings. The van der Waals surface area contributed by atoms with Crippen molar-refractivity contribution in [1.29, 1.82) is 0 Å². The minimum absolute atomic E-state index is 0.247. The van der Waals surface area contributed by atoms with Crippen molar-refractivity contribution in [2.45, 2.75) is 77.0 Å². The highest BCUT2D eigenvalue weighted by Crippen LogP contribution is 2.45. The molecule has 0 spiro atoms. The second-order valence-corrected chi connectivity index (χ2v) is 5.59. The summed E-state index contributed by atoms with van der Waals surface area (Å²) in [6.07, 6.45) is 9.82. The summed E-state index contributed by atoms with van der Waals surface area (Å²) in [4.78, 5) is 0. The molecular formula is C13H25NO. The number of ether oxygens (including phenoxy) is 1. The highest BCUT2D eigenvalue weighted by atomic mass is 16.5. The number of hydrogen-bond donors (Lipinski definition) is 1. The highest BCUT2D eigenvalue weighted by molar-refractivity contribution is 5.03. The molecule has 0 radical (unpaired) electrons. The minimum atomic E-state index is 0.247. The molecule has 0 aromatic heterocycles. The summed E-state index contributed by atoms with van der Waals surface area (Å²) in [5, 5.41) is 0. The second kappa shape index (κ2) is 4.42. The lowest BCUT2D eigenvalue weighted by Gasteiger charge is -2.53. The number of hydrogen-bond acceptors (Lipinski definition) is 2. The molecule has 2 heteroatoms. The highest BCUT2D eigenvalue weighted by Gasteiger charge is 2.49. The smallest absolute Gasteiger partial charge is 0.0662 e. The first-order valence-electron chi connectivity index (χ1n) is 6.58. The third kappa shape index (κ3) is 2.07. The standard InChI is InChI=1S/C13H25NO/c1-3-13(2)11(14)9-12(13)15-10-7-5-4-6-8-10/h10-12H,3-9,14H2,1-2H3. The molecule has 0 aromatic carbocycles. The van der Waals surface area contributed by atoms with E-state index in [1.54, 1.807) is 0 Å². The summed E-state index contributed by atoms with van der Waals surface area (Å²) in [6.45, 7) is 4.52. The molecule has 0 aliphatic heterocycles. The van der Waals surface area contributed by atoms with E-state index in [0.29, 0.717) is 18.2 Å². The Hall–Kier alpha value is -0.0800. The Kier molecular flexibility index (Phi) is 3.36. The van der Waals surface area contributed by atoms with E-state index in [9.17, 15) is 0 Å². The van der Waals surface area contributed by atoms with E-state index in [1.165, 1.54) is 32.1 Å². The molecule has 2 aliphatic carbocycles. The zero-order valence-electron chi connectivity index (χ0n) is 10.2. The van der Waals surface area contributed by atoms with Gasteiger partial charge in [0.25, 0.3) is 0 Å². The van der Waals surface area contributed by atoms with Gasteiger partial charge in [-0.15, -0.1) is 0 Å². The van der Waals surface area contributed by atoms with Crippen LogP contribution in [0.15, 0.2) is 0 Å². The van der Waals surface area contributed by atoms with Crippen LogP contribution in [0.25, 0.3) is 0 Å². The molecule has 2 saturated carbocycles. The van der Waals surface area contributed by atoms with Crippen LogP contribution in [0.2, 0.25) is 0 Å². The van der Waals surface area contributed by atoms with Crippen molar-refractivity contribution in [2.75, 3.05) is 0 Å². The van der Waals surface area contributed by atoms with Crippen LogP contribution in [0.5, 0.6) is 0 Å². The average Bonchev–Trinajstić information content (AvgIpc) is 2.29. The fourth-order valence-electron chi connectivity index (χ4n) is 2.98. The zero-order valence-corrected chi connectivity index (χ0v) is 10.2. The van der Waals surface area contributed by atoms with Crippen molar-refractivity contribution in [3.63, 3.8) is 0 Å². The van der Waals surface area contributed by atoms with Crippen molar-refractivity contribution < 1.29 is 4.74 Å². The van der Waals surface area contributed by atoms with Crippen LogP contribution in [0.4, 0.5) is 0 Å². The van der Waals surface area contributed by atoms with E-state index < -0.39 is 0 Å². The molecule has 2 aliphatic rings. The Bertz CT molecular complexity index is 213. The van der Waals surface area contributed by atoms with Gasteiger partial charge in [0.2, 0.25) is 0 Å². The van der Waals surface area contributed by atoms with Crippen molar-refractivity contribution in [1.82, 2.24) is 0 Å². The molecule has 15 heavy (non-hydrogen) atoms. The molecule has 3 unspecified atom stereocenters. The first kappa shape index (κ1) is 11.4. The molecule has 2 rings (SSSR count). The van der Waals surface area contributed by atoms with Gasteiger partial charge in [-0.3, -0.25) is 0 Å². The molecule has 2 nitrogen and oxygen atoms in total. The summed E-state index contributed by atoms with van der Waals surface area (Å²) >= 11 is 0. The topological polar surface area (TPSA) is 35.2 Å². The predicted octanol–water partition coefficient (Wildman–Crippen LogP) is 2.85. The molecule has 0 heterocycles. The summed E-state index contributed by atoms with van der Waals surface area (Å²) in [5.74, 6) is 0. The Morgan fingerprint density at radius 1 is 1.27 bits per heavy atom. The Balaban J connectivity index is 1.84. The van der Waals surface area contributed by atoms with Gasteiger partial charge in [0.15, 0.2) is 0 Å². The Morgan fingerprint density at radius 2 is 1.93 bits per heavy atom. The molecule has 88 valence electrons. The molecule has 3 atom stereocenters. The van der Waals surface area contributed by atoms with Gasteiger partial charge in [-0.2, -0.15) is 0 Å². The third-order valence-electron chi connectivity index (χ3n) is 4.72. The third-order valence-corrected chi connectivity index (χ3v) is 4.72. The number of nitrogens with two attached hydrogens (primary N) is 1. The van der Waals surface area contributed by atoms with Crippen LogP contribution in [0, 0.1) is 5.41 Å². The minimum Gasteiger partial charge on any atom is -0.374 e. The average molecular weight is 211 g/mol. The Morgan fingerprint density at radius 3 is 2.47 bits per heavy atom. The van der Waals surface area contributed by atoms with Gasteiger partial charge >= 0.3 is 0 Å². The second-order valence-electron chi connectivity index (χ2n) is 5.59. The van der Waals surface area contributed by atoms with Crippen LogP contribution in [0.1, 0.15) is 58.8 Å². The van der Waals surface area contributed by atoms with Crippen molar-refractivity contribution in [3.05, 3.63) is 0 Å². The van der Waals surface area contributed by atoms with Crippen molar-refractivity contribution in [3.8, 4) is 0 Å². The summed E-state index contributed by atoms with van der Waals surface area (Å²) < 4.78 is 6.22. The van der Waals surface area contributed by atoms with E-state index in [4.69, 9.17) is 10.5 Å². The number of rotatable bonds is 3. The molecule has 0 saturated heterocycles. The fraction of sp³-hybridized carbons (Fsp3) is 1.00. The maximum Gasteiger partial charge on any atom is 0.0662 e. The first-order chi connectivity index (χ1) is 7.16. The molecule has 2 N–H and O–H groups in total. The monoisotopic (exact) mass is 211 g/mol. The molecule has 0 aromatic rings. The van der Waals surface area contributed by atoms with Crippen LogP contribution in [-0.2, 0) is 4.74 Å². The van der Waals surface area contributed by atoms with Crippen LogP contribution in [-0.4, -0.2) is 18.2 Å². The van der Waals surface area contributed by atoms with Crippen molar-refractivity contribution in [2.24, 2.45) is 11.1 Å².